The second-order valence-electron chi connectivity index (χ2n) is 4.80. The van der Waals surface area contributed by atoms with Crippen LogP contribution in [0.4, 0.5) is 4.79 Å². The van der Waals surface area contributed by atoms with Crippen LogP contribution in [0.3, 0.4) is 0 Å². The number of quaternary nitrogens is 1. The first-order chi connectivity index (χ1) is 6.47. The van der Waals surface area contributed by atoms with Crippen LogP contribution in [0.1, 0.15) is 33.6 Å². The molecule has 1 rings (SSSR count). The first-order valence-electron chi connectivity index (χ1n) is 5.28. The first-order valence-corrected chi connectivity index (χ1v) is 5.28. The van der Waals surface area contributed by atoms with Crippen molar-refractivity contribution in [3.8, 4) is 0 Å². The van der Waals surface area contributed by atoms with E-state index in [9.17, 15) is 4.79 Å². The highest BCUT2D eigenvalue weighted by Crippen LogP contribution is 2.07. The second-order valence-corrected chi connectivity index (χ2v) is 4.80. The van der Waals surface area contributed by atoms with Gasteiger partial charge in [-0.1, -0.05) is 0 Å². The van der Waals surface area contributed by atoms with Crippen LogP contribution < -0.4 is 10.6 Å². The Hall–Kier alpha value is -0.770. The van der Waals surface area contributed by atoms with Gasteiger partial charge in [0.15, 0.2) is 0 Å². The van der Waals surface area contributed by atoms with Gasteiger partial charge in [-0.2, -0.15) is 0 Å². The van der Waals surface area contributed by atoms with Gasteiger partial charge in [0.05, 0.1) is 19.1 Å². The van der Waals surface area contributed by atoms with Gasteiger partial charge in [-0.15, -0.1) is 0 Å². The second kappa shape index (κ2) is 4.64. The number of hydrogen-bond donors (Lipinski definition) is 2. The van der Waals surface area contributed by atoms with Gasteiger partial charge in [0.25, 0.3) is 0 Å². The number of rotatable bonds is 1. The molecule has 0 spiro atoms. The summed E-state index contributed by atoms with van der Waals surface area (Å²) in [6.45, 7) is 7.77. The lowest BCUT2D eigenvalue weighted by Crippen LogP contribution is -2.89. The SMILES string of the molecule is CC(C)(C)OC(=O)N[C@H]1CCC[NH2+]C1. The minimum Gasteiger partial charge on any atom is -0.444 e. The zero-order valence-corrected chi connectivity index (χ0v) is 9.30. The lowest BCUT2D eigenvalue weighted by atomic mass is 10.1. The number of nitrogens with two attached hydrogens (primary N) is 1. The molecule has 0 aromatic heterocycles. The minimum absolute atomic E-state index is 0.276. The van der Waals surface area contributed by atoms with Gasteiger partial charge in [0.2, 0.25) is 0 Å². The topological polar surface area (TPSA) is 54.9 Å². The lowest BCUT2D eigenvalue weighted by Gasteiger charge is -2.24. The van der Waals surface area contributed by atoms with Crippen LogP contribution in [-0.2, 0) is 4.74 Å². The van der Waals surface area contributed by atoms with Gasteiger partial charge in [0.1, 0.15) is 5.60 Å². The molecule has 1 aliphatic rings. The Balaban J connectivity index is 2.25. The highest BCUT2D eigenvalue weighted by atomic mass is 16.6. The van der Waals surface area contributed by atoms with E-state index in [4.69, 9.17) is 4.74 Å². The van der Waals surface area contributed by atoms with Gasteiger partial charge in [0, 0.05) is 0 Å². The molecule has 82 valence electrons. The Morgan fingerprint density at radius 1 is 1.50 bits per heavy atom. The van der Waals surface area contributed by atoms with Crippen molar-refractivity contribution in [3.63, 3.8) is 0 Å². The number of carbonyl (C=O) groups is 1. The summed E-state index contributed by atoms with van der Waals surface area (Å²) >= 11 is 0. The van der Waals surface area contributed by atoms with E-state index in [1.807, 2.05) is 20.8 Å². The Morgan fingerprint density at radius 3 is 2.71 bits per heavy atom. The summed E-state index contributed by atoms with van der Waals surface area (Å²) in [5.41, 5.74) is -0.400. The van der Waals surface area contributed by atoms with Crippen LogP contribution >= 0.6 is 0 Å². The molecule has 4 nitrogen and oxygen atoms in total. The molecule has 1 saturated heterocycles. The predicted molar refractivity (Wildman–Crippen MR) is 54.1 cm³/mol. The number of hydrogen-bond acceptors (Lipinski definition) is 2. The van der Waals surface area contributed by atoms with E-state index in [-0.39, 0.29) is 12.1 Å². The summed E-state index contributed by atoms with van der Waals surface area (Å²) in [6.07, 6.45) is 1.94. The van der Waals surface area contributed by atoms with E-state index in [2.05, 4.69) is 10.6 Å². The molecule has 0 saturated carbocycles. The van der Waals surface area contributed by atoms with E-state index in [0.29, 0.717) is 0 Å². The van der Waals surface area contributed by atoms with E-state index >= 15 is 0 Å². The van der Waals surface area contributed by atoms with Crippen molar-refractivity contribution in [1.82, 2.24) is 5.32 Å². The Bertz CT molecular complexity index is 193. The van der Waals surface area contributed by atoms with Gasteiger partial charge in [-0.3, -0.25) is 0 Å². The zero-order valence-electron chi connectivity index (χ0n) is 9.30. The molecule has 1 fully saturated rings. The normalized spacial score (nSPS) is 22.9. The molecule has 1 aliphatic heterocycles. The van der Waals surface area contributed by atoms with Crippen LogP contribution in [0, 0.1) is 0 Å². The van der Waals surface area contributed by atoms with Crippen molar-refractivity contribution in [2.24, 2.45) is 0 Å². The maximum atomic E-state index is 11.4. The number of amides is 1. The van der Waals surface area contributed by atoms with Crippen LogP contribution in [0.2, 0.25) is 0 Å². The number of ether oxygens (including phenoxy) is 1. The van der Waals surface area contributed by atoms with E-state index < -0.39 is 5.60 Å². The molecular weight excluding hydrogens is 180 g/mol. The molecule has 0 radical (unpaired) electrons. The fourth-order valence-corrected chi connectivity index (χ4v) is 1.55. The maximum absolute atomic E-state index is 11.4. The van der Waals surface area contributed by atoms with Gasteiger partial charge in [-0.05, 0) is 33.6 Å². The largest absolute Gasteiger partial charge is 0.444 e. The molecule has 1 heterocycles. The van der Waals surface area contributed by atoms with E-state index in [1.54, 1.807) is 0 Å². The number of nitrogens with one attached hydrogen (secondary N) is 1. The Labute approximate surface area is 85.4 Å². The minimum atomic E-state index is -0.400. The monoisotopic (exact) mass is 201 g/mol. The summed E-state index contributed by atoms with van der Waals surface area (Å²) in [6, 6.07) is 0.276. The fraction of sp³-hybridized carbons (Fsp3) is 0.900. The van der Waals surface area contributed by atoms with Gasteiger partial charge in [-0.25, -0.2) is 4.79 Å². The molecule has 0 aromatic rings. The van der Waals surface area contributed by atoms with Crippen molar-refractivity contribution in [2.45, 2.75) is 45.3 Å². The number of piperidine rings is 1. The third-order valence-corrected chi connectivity index (χ3v) is 2.13. The average molecular weight is 201 g/mol. The third-order valence-electron chi connectivity index (χ3n) is 2.13. The fourth-order valence-electron chi connectivity index (χ4n) is 1.55. The highest BCUT2D eigenvalue weighted by molar-refractivity contribution is 5.68. The molecular formula is C10H21N2O2+. The van der Waals surface area contributed by atoms with Crippen LogP contribution in [0.25, 0.3) is 0 Å². The smallest absolute Gasteiger partial charge is 0.408 e. The summed E-state index contributed by atoms with van der Waals surface area (Å²) < 4.78 is 5.18. The zero-order chi connectivity index (χ0) is 10.6. The van der Waals surface area contributed by atoms with Crippen molar-refractivity contribution < 1.29 is 14.8 Å². The first kappa shape index (κ1) is 11.3. The molecule has 0 aromatic carbocycles. The summed E-state index contributed by atoms with van der Waals surface area (Å²) in [7, 11) is 0. The quantitative estimate of drug-likeness (QED) is 0.638. The lowest BCUT2D eigenvalue weighted by molar-refractivity contribution is -0.664. The molecule has 4 heteroatoms. The van der Waals surface area contributed by atoms with Gasteiger partial charge < -0.3 is 15.4 Å². The van der Waals surface area contributed by atoms with Crippen molar-refractivity contribution in [2.75, 3.05) is 13.1 Å². The van der Waals surface area contributed by atoms with Crippen molar-refractivity contribution >= 4 is 6.09 Å². The molecule has 1 amide bonds. The third kappa shape index (κ3) is 4.46. The summed E-state index contributed by atoms with van der Waals surface area (Å²) in [4.78, 5) is 11.4. The summed E-state index contributed by atoms with van der Waals surface area (Å²) in [5.74, 6) is 0. The van der Waals surface area contributed by atoms with Crippen molar-refractivity contribution in [1.29, 1.82) is 0 Å². The van der Waals surface area contributed by atoms with Crippen LogP contribution in [0.15, 0.2) is 0 Å². The van der Waals surface area contributed by atoms with Crippen LogP contribution in [0.5, 0.6) is 0 Å². The number of alkyl carbamates (subject to hydrolysis) is 1. The molecule has 3 N–H and O–H groups in total. The molecule has 1 atom stereocenters. The number of carbonyl (C=O) groups excluding carboxylic acids is 1. The molecule has 14 heavy (non-hydrogen) atoms. The molecule has 0 aliphatic carbocycles. The van der Waals surface area contributed by atoms with Crippen molar-refractivity contribution in [3.05, 3.63) is 0 Å². The molecule has 0 bridgehead atoms. The standard InChI is InChI=1S/C10H20N2O2/c1-10(2,3)14-9(13)12-8-5-4-6-11-7-8/h8,11H,4-7H2,1-3H3,(H,12,13)/p+1/t8-/m0/s1. The predicted octanol–water partition coefficient (Wildman–Crippen LogP) is 0.237. The highest BCUT2D eigenvalue weighted by Gasteiger charge is 2.21. The van der Waals surface area contributed by atoms with Crippen LogP contribution in [-0.4, -0.2) is 30.8 Å². The maximum Gasteiger partial charge on any atom is 0.408 e. The molecule has 0 unspecified atom stereocenters. The Kier molecular flexibility index (Phi) is 3.75. The Morgan fingerprint density at radius 2 is 2.21 bits per heavy atom. The summed E-state index contributed by atoms with van der Waals surface area (Å²) in [5, 5.41) is 5.11. The van der Waals surface area contributed by atoms with E-state index in [0.717, 1.165) is 13.0 Å². The van der Waals surface area contributed by atoms with E-state index in [1.165, 1.54) is 13.0 Å². The average Bonchev–Trinajstić information content (AvgIpc) is 2.02. The van der Waals surface area contributed by atoms with Gasteiger partial charge >= 0.3 is 6.09 Å².